The molecule has 1 aromatic heterocycles. The number of carbonyl (C=O) groups excluding carboxylic acids is 1. The second-order valence-corrected chi connectivity index (χ2v) is 8.12. The van der Waals surface area contributed by atoms with E-state index in [4.69, 9.17) is 4.42 Å². The van der Waals surface area contributed by atoms with Crippen LogP contribution in [0.3, 0.4) is 0 Å². The van der Waals surface area contributed by atoms with E-state index < -0.39 is 0 Å². The summed E-state index contributed by atoms with van der Waals surface area (Å²) in [6, 6.07) is 9.82. The maximum Gasteiger partial charge on any atom is 0.277 e. The second-order valence-electron chi connectivity index (χ2n) is 7.06. The molecule has 0 radical (unpaired) electrons. The van der Waals surface area contributed by atoms with Gasteiger partial charge < -0.3 is 9.32 Å². The SMILES string of the molecule is CC(C)(C)c1nnc(S[C@@H](C(=O)N2CCCC2)c2ccccc2)o1. The Labute approximate surface area is 146 Å². The number of hydrogen-bond donors (Lipinski definition) is 0. The Hall–Kier alpha value is -1.82. The highest BCUT2D eigenvalue weighted by Crippen LogP contribution is 2.37. The molecular formula is C18H23N3O2S. The van der Waals surface area contributed by atoms with Gasteiger partial charge in [-0.15, -0.1) is 10.2 Å². The summed E-state index contributed by atoms with van der Waals surface area (Å²) < 4.78 is 5.78. The summed E-state index contributed by atoms with van der Waals surface area (Å²) in [5.74, 6) is 0.713. The highest BCUT2D eigenvalue weighted by Gasteiger charge is 2.31. The normalized spacial score (nSPS) is 16.4. The molecule has 1 aromatic carbocycles. The molecule has 1 fully saturated rings. The zero-order valence-electron chi connectivity index (χ0n) is 14.4. The number of rotatable bonds is 4. The monoisotopic (exact) mass is 345 g/mol. The minimum atomic E-state index is -0.349. The van der Waals surface area contributed by atoms with Gasteiger partial charge in [-0.3, -0.25) is 4.79 Å². The topological polar surface area (TPSA) is 59.2 Å². The quantitative estimate of drug-likeness (QED) is 0.788. The van der Waals surface area contributed by atoms with Gasteiger partial charge in [0.25, 0.3) is 5.22 Å². The highest BCUT2D eigenvalue weighted by molar-refractivity contribution is 8.00. The Balaban J connectivity index is 1.85. The van der Waals surface area contributed by atoms with Crippen LogP contribution in [-0.4, -0.2) is 34.1 Å². The molecule has 2 aromatic rings. The van der Waals surface area contributed by atoms with E-state index in [-0.39, 0.29) is 16.6 Å². The van der Waals surface area contributed by atoms with Gasteiger partial charge in [-0.25, -0.2) is 0 Å². The summed E-state index contributed by atoms with van der Waals surface area (Å²) in [4.78, 5) is 14.9. The van der Waals surface area contributed by atoms with E-state index in [1.54, 1.807) is 0 Å². The molecule has 0 N–H and O–H groups in total. The lowest BCUT2D eigenvalue weighted by molar-refractivity contribution is -0.129. The van der Waals surface area contributed by atoms with Crippen molar-refractivity contribution in [2.75, 3.05) is 13.1 Å². The van der Waals surface area contributed by atoms with E-state index in [0.717, 1.165) is 31.5 Å². The Morgan fingerprint density at radius 2 is 1.83 bits per heavy atom. The van der Waals surface area contributed by atoms with Crippen molar-refractivity contribution in [1.29, 1.82) is 0 Å². The van der Waals surface area contributed by atoms with Crippen LogP contribution in [0.25, 0.3) is 0 Å². The van der Waals surface area contributed by atoms with Gasteiger partial charge in [0.1, 0.15) is 5.25 Å². The van der Waals surface area contributed by atoms with Crippen molar-refractivity contribution in [1.82, 2.24) is 15.1 Å². The van der Waals surface area contributed by atoms with Gasteiger partial charge in [0.05, 0.1) is 0 Å². The number of hydrogen-bond acceptors (Lipinski definition) is 5. The summed E-state index contributed by atoms with van der Waals surface area (Å²) in [5.41, 5.74) is 0.766. The predicted octanol–water partition coefficient (Wildman–Crippen LogP) is 3.82. The third kappa shape index (κ3) is 3.80. The molecular weight excluding hydrogens is 322 g/mol. The van der Waals surface area contributed by atoms with Crippen molar-refractivity contribution >= 4 is 17.7 Å². The van der Waals surface area contributed by atoms with Crippen LogP contribution in [0.1, 0.15) is 50.3 Å². The first kappa shape index (κ1) is 17.0. The molecule has 24 heavy (non-hydrogen) atoms. The third-order valence-electron chi connectivity index (χ3n) is 4.01. The molecule has 0 bridgehead atoms. The van der Waals surface area contributed by atoms with Gasteiger partial charge >= 0.3 is 0 Å². The largest absolute Gasteiger partial charge is 0.415 e. The lowest BCUT2D eigenvalue weighted by Gasteiger charge is -2.22. The lowest BCUT2D eigenvalue weighted by Crippen LogP contribution is -2.31. The van der Waals surface area contributed by atoms with E-state index >= 15 is 0 Å². The van der Waals surface area contributed by atoms with Crippen LogP contribution in [0, 0.1) is 0 Å². The minimum Gasteiger partial charge on any atom is -0.415 e. The summed E-state index contributed by atoms with van der Waals surface area (Å²) in [7, 11) is 0. The van der Waals surface area contributed by atoms with Crippen LogP contribution in [-0.2, 0) is 10.2 Å². The molecule has 5 nitrogen and oxygen atoms in total. The number of likely N-dealkylation sites (tertiary alicyclic amines) is 1. The van der Waals surface area contributed by atoms with Crippen LogP contribution in [0.15, 0.2) is 40.0 Å². The highest BCUT2D eigenvalue weighted by atomic mass is 32.2. The van der Waals surface area contributed by atoms with Gasteiger partial charge in [0, 0.05) is 18.5 Å². The Kier molecular flexibility index (Phi) is 4.94. The van der Waals surface area contributed by atoms with Crippen molar-refractivity contribution in [3.63, 3.8) is 0 Å². The molecule has 3 rings (SSSR count). The number of aromatic nitrogens is 2. The molecule has 0 unspecified atom stereocenters. The van der Waals surface area contributed by atoms with Crippen LogP contribution >= 0.6 is 11.8 Å². The second kappa shape index (κ2) is 6.97. The summed E-state index contributed by atoms with van der Waals surface area (Å²) >= 11 is 1.34. The average Bonchev–Trinajstić information content (AvgIpc) is 3.24. The smallest absolute Gasteiger partial charge is 0.277 e. The first-order valence-corrected chi connectivity index (χ1v) is 9.17. The Morgan fingerprint density at radius 1 is 1.17 bits per heavy atom. The van der Waals surface area contributed by atoms with E-state index in [0.29, 0.717) is 11.1 Å². The number of amides is 1. The van der Waals surface area contributed by atoms with Crippen molar-refractivity contribution < 1.29 is 9.21 Å². The van der Waals surface area contributed by atoms with Crippen LogP contribution in [0.2, 0.25) is 0 Å². The molecule has 2 heterocycles. The maximum atomic E-state index is 13.0. The molecule has 1 atom stereocenters. The molecule has 0 saturated carbocycles. The summed E-state index contributed by atoms with van der Waals surface area (Å²) in [6.07, 6.45) is 2.15. The van der Waals surface area contributed by atoms with E-state index in [2.05, 4.69) is 10.2 Å². The lowest BCUT2D eigenvalue weighted by atomic mass is 9.97. The van der Waals surface area contributed by atoms with E-state index in [1.807, 2.05) is 56.0 Å². The Bertz CT molecular complexity index is 688. The van der Waals surface area contributed by atoms with Crippen LogP contribution in [0.4, 0.5) is 0 Å². The van der Waals surface area contributed by atoms with Crippen molar-refractivity contribution in [3.05, 3.63) is 41.8 Å². The number of nitrogens with zero attached hydrogens (tertiary/aromatic N) is 3. The van der Waals surface area contributed by atoms with Crippen LogP contribution < -0.4 is 0 Å². The van der Waals surface area contributed by atoms with Gasteiger partial charge in [0.15, 0.2) is 0 Å². The molecule has 128 valence electrons. The molecule has 6 heteroatoms. The first-order valence-electron chi connectivity index (χ1n) is 8.29. The van der Waals surface area contributed by atoms with Gasteiger partial charge in [0.2, 0.25) is 11.8 Å². The zero-order valence-corrected chi connectivity index (χ0v) is 15.2. The first-order chi connectivity index (χ1) is 11.4. The van der Waals surface area contributed by atoms with Crippen molar-refractivity contribution in [2.45, 2.75) is 49.5 Å². The van der Waals surface area contributed by atoms with Gasteiger partial charge in [-0.1, -0.05) is 51.1 Å². The molecule has 0 spiro atoms. The summed E-state index contributed by atoms with van der Waals surface area (Å²) in [6.45, 7) is 7.75. The molecule has 1 aliphatic heterocycles. The fourth-order valence-corrected chi connectivity index (χ4v) is 3.61. The van der Waals surface area contributed by atoms with Gasteiger partial charge in [-0.2, -0.15) is 0 Å². The fraction of sp³-hybridized carbons (Fsp3) is 0.500. The number of benzene rings is 1. The van der Waals surface area contributed by atoms with Crippen molar-refractivity contribution in [2.24, 2.45) is 0 Å². The molecule has 1 aliphatic rings. The Morgan fingerprint density at radius 3 is 2.42 bits per heavy atom. The number of thioether (sulfide) groups is 1. The van der Waals surface area contributed by atoms with Crippen molar-refractivity contribution in [3.8, 4) is 0 Å². The molecule has 1 saturated heterocycles. The van der Waals surface area contributed by atoms with E-state index in [1.165, 1.54) is 11.8 Å². The third-order valence-corrected chi connectivity index (χ3v) is 5.09. The molecule has 1 amide bonds. The zero-order chi connectivity index (χ0) is 17.2. The van der Waals surface area contributed by atoms with E-state index in [9.17, 15) is 4.79 Å². The number of carbonyl (C=O) groups is 1. The van der Waals surface area contributed by atoms with Crippen LogP contribution in [0.5, 0.6) is 0 Å². The standard InChI is InChI=1S/C18H23N3O2S/c1-18(2,3)16-19-20-17(23-16)24-14(13-9-5-4-6-10-13)15(22)21-11-7-8-12-21/h4-6,9-10,14H,7-8,11-12H2,1-3H3/t14-/m1/s1. The predicted molar refractivity (Wildman–Crippen MR) is 93.9 cm³/mol. The fourth-order valence-electron chi connectivity index (χ4n) is 2.65. The maximum absolute atomic E-state index is 13.0. The van der Waals surface area contributed by atoms with Gasteiger partial charge in [-0.05, 0) is 30.2 Å². The minimum absolute atomic E-state index is 0.124. The summed E-state index contributed by atoms with van der Waals surface area (Å²) in [5, 5.41) is 8.36. The molecule has 0 aliphatic carbocycles. The average molecular weight is 345 g/mol.